The second kappa shape index (κ2) is 11.0. The summed E-state index contributed by atoms with van der Waals surface area (Å²) in [4.78, 5) is 18.1. The second-order valence-electron chi connectivity index (χ2n) is 7.88. The monoisotopic (exact) mass is 474 g/mol. The van der Waals surface area contributed by atoms with Gasteiger partial charge in [0.2, 0.25) is 0 Å². The molecule has 0 saturated carbocycles. The van der Waals surface area contributed by atoms with Gasteiger partial charge in [0.05, 0.1) is 24.6 Å². The zero-order valence-corrected chi connectivity index (χ0v) is 20.1. The van der Waals surface area contributed by atoms with Gasteiger partial charge in [-0.05, 0) is 73.9 Å². The van der Waals surface area contributed by atoms with Gasteiger partial charge in [-0.1, -0.05) is 42.0 Å². The summed E-state index contributed by atoms with van der Waals surface area (Å²) in [5.41, 5.74) is 2.56. The Balaban J connectivity index is 1.49. The lowest BCUT2D eigenvalue weighted by Crippen LogP contribution is -2.24. The smallest absolute Gasteiger partial charge is 0.261 e. The third-order valence-corrected chi connectivity index (χ3v) is 5.80. The van der Waals surface area contributed by atoms with E-state index >= 15 is 0 Å². The number of aromatic nitrogens is 2. The van der Waals surface area contributed by atoms with E-state index in [9.17, 15) is 4.79 Å². The number of ether oxygens (including phenoxy) is 2. The molecule has 0 amide bonds. The molecule has 4 rings (SSSR count). The van der Waals surface area contributed by atoms with Gasteiger partial charge in [-0.25, -0.2) is 4.98 Å². The second-order valence-corrected chi connectivity index (χ2v) is 8.32. The molecule has 1 heterocycles. The number of unbranched alkanes of at least 4 members (excludes halogenated alkanes) is 1. The van der Waals surface area contributed by atoms with Crippen LogP contribution in [0.5, 0.6) is 11.5 Å². The Labute approximate surface area is 204 Å². The first-order chi connectivity index (χ1) is 16.6. The molecule has 0 aliphatic heterocycles. The molecule has 174 valence electrons. The quantitative estimate of drug-likeness (QED) is 0.256. The fourth-order valence-corrected chi connectivity index (χ4v) is 3.97. The fourth-order valence-electron chi connectivity index (χ4n) is 3.85. The highest BCUT2D eigenvalue weighted by Crippen LogP contribution is 2.29. The lowest BCUT2D eigenvalue weighted by Gasteiger charge is -2.15. The van der Waals surface area contributed by atoms with Crippen molar-refractivity contribution in [3.63, 3.8) is 0 Å². The Kier molecular flexibility index (Phi) is 7.65. The van der Waals surface area contributed by atoms with Crippen LogP contribution < -0.4 is 15.0 Å². The van der Waals surface area contributed by atoms with Crippen LogP contribution in [0, 0.1) is 0 Å². The SMILES string of the molecule is C/C=C/c1ccc(OCCCCn2c(-c3ccc(Cl)cc3)nc3ccccc3c2=O)c(OC)c1. The molecule has 0 aliphatic rings. The van der Waals surface area contributed by atoms with E-state index in [1.165, 1.54) is 0 Å². The first kappa shape index (κ1) is 23.6. The molecule has 1 aromatic heterocycles. The summed E-state index contributed by atoms with van der Waals surface area (Å²) in [6, 6.07) is 20.7. The first-order valence-corrected chi connectivity index (χ1v) is 11.7. The van der Waals surface area contributed by atoms with Crippen molar-refractivity contribution in [2.45, 2.75) is 26.3 Å². The molecule has 0 N–H and O–H groups in total. The van der Waals surface area contributed by atoms with Crippen molar-refractivity contribution >= 4 is 28.6 Å². The Morgan fingerprint density at radius 2 is 1.79 bits per heavy atom. The molecular weight excluding hydrogens is 448 g/mol. The molecule has 0 fully saturated rings. The van der Waals surface area contributed by atoms with Crippen molar-refractivity contribution < 1.29 is 9.47 Å². The van der Waals surface area contributed by atoms with E-state index in [1.807, 2.05) is 85.8 Å². The summed E-state index contributed by atoms with van der Waals surface area (Å²) in [6.07, 6.45) is 5.54. The van der Waals surface area contributed by atoms with Crippen LogP contribution in [0.25, 0.3) is 28.4 Å². The number of allylic oxidation sites excluding steroid dienone is 1. The summed E-state index contributed by atoms with van der Waals surface area (Å²) in [5.74, 6) is 2.06. The molecule has 0 bridgehead atoms. The van der Waals surface area contributed by atoms with Crippen LogP contribution in [-0.2, 0) is 6.54 Å². The van der Waals surface area contributed by atoms with E-state index in [2.05, 4.69) is 0 Å². The minimum atomic E-state index is -0.0438. The number of nitrogens with zero attached hydrogens (tertiary/aromatic N) is 2. The minimum absolute atomic E-state index is 0.0438. The highest BCUT2D eigenvalue weighted by molar-refractivity contribution is 6.30. The van der Waals surface area contributed by atoms with Crippen molar-refractivity contribution in [1.82, 2.24) is 9.55 Å². The Bertz CT molecular complexity index is 1360. The molecular formula is C28H27ClN2O3. The maximum atomic E-state index is 13.3. The zero-order chi connectivity index (χ0) is 23.9. The molecule has 0 atom stereocenters. The third-order valence-electron chi connectivity index (χ3n) is 5.54. The summed E-state index contributed by atoms with van der Waals surface area (Å²) in [5, 5.41) is 1.26. The molecule has 6 heteroatoms. The highest BCUT2D eigenvalue weighted by atomic mass is 35.5. The lowest BCUT2D eigenvalue weighted by atomic mass is 10.1. The van der Waals surface area contributed by atoms with Gasteiger partial charge in [-0.15, -0.1) is 0 Å². The summed E-state index contributed by atoms with van der Waals surface area (Å²) >= 11 is 6.06. The molecule has 0 aliphatic carbocycles. The average molecular weight is 475 g/mol. The maximum Gasteiger partial charge on any atom is 0.261 e. The molecule has 0 radical (unpaired) electrons. The molecule has 0 unspecified atom stereocenters. The van der Waals surface area contributed by atoms with Crippen LogP contribution in [0.1, 0.15) is 25.3 Å². The first-order valence-electron chi connectivity index (χ1n) is 11.3. The maximum absolute atomic E-state index is 13.3. The van der Waals surface area contributed by atoms with E-state index in [0.29, 0.717) is 46.4 Å². The number of methoxy groups -OCH3 is 1. The number of hydrogen-bond donors (Lipinski definition) is 0. The molecule has 3 aromatic carbocycles. The van der Waals surface area contributed by atoms with Crippen molar-refractivity contribution in [2.24, 2.45) is 0 Å². The van der Waals surface area contributed by atoms with Gasteiger partial charge in [0.15, 0.2) is 11.5 Å². The minimum Gasteiger partial charge on any atom is -0.493 e. The number of para-hydroxylation sites is 1. The molecule has 5 nitrogen and oxygen atoms in total. The summed E-state index contributed by atoms with van der Waals surface area (Å²) in [7, 11) is 1.64. The van der Waals surface area contributed by atoms with E-state index in [0.717, 1.165) is 24.0 Å². The number of hydrogen-bond acceptors (Lipinski definition) is 4. The standard InChI is InChI=1S/C28H27ClN2O3/c1-3-8-20-11-16-25(26(19-20)33-2)34-18-7-6-17-31-27(21-12-14-22(29)15-13-21)30-24-10-5-4-9-23(24)28(31)32/h3-5,8-16,19H,6-7,17-18H2,1-2H3/b8-3+. The van der Waals surface area contributed by atoms with E-state index in [1.54, 1.807) is 11.7 Å². The van der Waals surface area contributed by atoms with Crippen LogP contribution in [-0.4, -0.2) is 23.3 Å². The molecule has 4 aromatic rings. The van der Waals surface area contributed by atoms with Crippen molar-refractivity contribution in [1.29, 1.82) is 0 Å². The van der Waals surface area contributed by atoms with Crippen molar-refractivity contribution in [2.75, 3.05) is 13.7 Å². The van der Waals surface area contributed by atoms with Crippen LogP contribution in [0.15, 0.2) is 77.6 Å². The normalized spacial score (nSPS) is 11.3. The molecule has 0 spiro atoms. The zero-order valence-electron chi connectivity index (χ0n) is 19.3. The summed E-state index contributed by atoms with van der Waals surface area (Å²) in [6.45, 7) is 3.03. The van der Waals surface area contributed by atoms with Gasteiger partial charge in [0, 0.05) is 17.1 Å². The number of benzene rings is 3. The van der Waals surface area contributed by atoms with Crippen LogP contribution in [0.3, 0.4) is 0 Å². The Morgan fingerprint density at radius 1 is 1.00 bits per heavy atom. The van der Waals surface area contributed by atoms with Gasteiger partial charge in [0.25, 0.3) is 5.56 Å². The number of rotatable bonds is 9. The van der Waals surface area contributed by atoms with Crippen LogP contribution in [0.2, 0.25) is 5.02 Å². The number of halogens is 1. The van der Waals surface area contributed by atoms with E-state index in [-0.39, 0.29) is 5.56 Å². The molecule has 0 saturated heterocycles. The summed E-state index contributed by atoms with van der Waals surface area (Å²) < 4.78 is 13.2. The van der Waals surface area contributed by atoms with Crippen LogP contribution in [0.4, 0.5) is 0 Å². The van der Waals surface area contributed by atoms with Gasteiger partial charge in [-0.3, -0.25) is 9.36 Å². The predicted octanol–water partition coefficient (Wildman–Crippen LogP) is 6.62. The van der Waals surface area contributed by atoms with Gasteiger partial charge < -0.3 is 9.47 Å². The van der Waals surface area contributed by atoms with Gasteiger partial charge in [-0.2, -0.15) is 0 Å². The topological polar surface area (TPSA) is 53.4 Å². The van der Waals surface area contributed by atoms with E-state index in [4.69, 9.17) is 26.1 Å². The van der Waals surface area contributed by atoms with Crippen molar-refractivity contribution in [3.8, 4) is 22.9 Å². The number of fused-ring (bicyclic) bond motifs is 1. The predicted molar refractivity (Wildman–Crippen MR) is 139 cm³/mol. The fraction of sp³-hybridized carbons (Fsp3) is 0.214. The third kappa shape index (κ3) is 5.32. The van der Waals surface area contributed by atoms with Crippen LogP contribution >= 0.6 is 11.6 Å². The lowest BCUT2D eigenvalue weighted by molar-refractivity contribution is 0.283. The van der Waals surface area contributed by atoms with Crippen molar-refractivity contribution in [3.05, 3.63) is 93.7 Å². The Hall–Kier alpha value is -3.57. The van der Waals surface area contributed by atoms with E-state index < -0.39 is 0 Å². The molecule has 34 heavy (non-hydrogen) atoms. The highest BCUT2D eigenvalue weighted by Gasteiger charge is 2.13. The van der Waals surface area contributed by atoms with Gasteiger partial charge >= 0.3 is 0 Å². The Morgan fingerprint density at radius 3 is 2.56 bits per heavy atom. The largest absolute Gasteiger partial charge is 0.493 e. The van der Waals surface area contributed by atoms with Gasteiger partial charge in [0.1, 0.15) is 5.82 Å². The average Bonchev–Trinajstić information content (AvgIpc) is 2.86.